The van der Waals surface area contributed by atoms with Crippen molar-refractivity contribution < 1.29 is 14.3 Å². The summed E-state index contributed by atoms with van der Waals surface area (Å²) in [7, 11) is 0. The quantitative estimate of drug-likeness (QED) is 0.881. The molecular formula is C16H20N4O3. The number of urea groups is 1. The van der Waals surface area contributed by atoms with Crippen molar-refractivity contribution in [3.8, 4) is 11.5 Å². The minimum atomic E-state index is -0.178. The summed E-state index contributed by atoms with van der Waals surface area (Å²) in [5.41, 5.74) is 0.862. The number of carbonyl (C=O) groups excluding carboxylic acids is 1. The van der Waals surface area contributed by atoms with Crippen LogP contribution in [0.1, 0.15) is 12.6 Å². The fourth-order valence-electron chi connectivity index (χ4n) is 2.42. The van der Waals surface area contributed by atoms with Crippen molar-refractivity contribution in [2.75, 3.05) is 19.7 Å². The van der Waals surface area contributed by atoms with Crippen LogP contribution in [0.15, 0.2) is 36.5 Å². The third-order valence-electron chi connectivity index (χ3n) is 3.65. The molecule has 3 rings (SSSR count). The van der Waals surface area contributed by atoms with Crippen LogP contribution in [0.4, 0.5) is 4.79 Å². The lowest BCUT2D eigenvalue weighted by Gasteiger charge is -2.30. The topological polar surface area (TPSA) is 79.5 Å². The van der Waals surface area contributed by atoms with E-state index in [4.69, 9.17) is 9.47 Å². The molecule has 0 unspecified atom stereocenters. The number of nitrogens with zero attached hydrogens (tertiary/aromatic N) is 2. The van der Waals surface area contributed by atoms with Gasteiger partial charge in [0.05, 0.1) is 18.8 Å². The standard InChI is InChI=1S/C16H20N4O3/c1-2-20(16(21)17-9-12-7-8-18-19-12)10-13-11-22-14-5-3-4-6-15(14)23-13/h3-8,13H,2,9-11H2,1H3,(H,17,21)(H,18,19)/t13-/m1/s1. The van der Waals surface area contributed by atoms with Crippen molar-refractivity contribution >= 4 is 6.03 Å². The number of H-pyrrole nitrogens is 1. The van der Waals surface area contributed by atoms with E-state index in [1.807, 2.05) is 37.3 Å². The van der Waals surface area contributed by atoms with E-state index in [0.29, 0.717) is 26.2 Å². The Morgan fingerprint density at radius 3 is 2.96 bits per heavy atom. The van der Waals surface area contributed by atoms with E-state index in [0.717, 1.165) is 17.2 Å². The summed E-state index contributed by atoms with van der Waals surface area (Å²) in [5.74, 6) is 1.47. The Balaban J connectivity index is 1.54. The second kappa shape index (κ2) is 7.04. The highest BCUT2D eigenvalue weighted by Gasteiger charge is 2.24. The molecule has 122 valence electrons. The van der Waals surface area contributed by atoms with Crippen molar-refractivity contribution in [3.05, 3.63) is 42.2 Å². The summed E-state index contributed by atoms with van der Waals surface area (Å²) < 4.78 is 11.6. The Morgan fingerprint density at radius 1 is 1.39 bits per heavy atom. The summed E-state index contributed by atoms with van der Waals surface area (Å²) in [6.45, 7) is 3.85. The Hall–Kier alpha value is -2.70. The Morgan fingerprint density at radius 2 is 2.22 bits per heavy atom. The maximum atomic E-state index is 12.3. The largest absolute Gasteiger partial charge is 0.486 e. The molecule has 0 aliphatic carbocycles. The fraction of sp³-hybridized carbons (Fsp3) is 0.375. The van der Waals surface area contributed by atoms with Crippen molar-refractivity contribution in [1.29, 1.82) is 0 Å². The molecule has 1 aliphatic rings. The van der Waals surface area contributed by atoms with Gasteiger partial charge in [-0.3, -0.25) is 5.10 Å². The van der Waals surface area contributed by atoms with Crippen LogP contribution in [0.5, 0.6) is 11.5 Å². The molecule has 0 fully saturated rings. The molecule has 2 amide bonds. The molecule has 0 bridgehead atoms. The third kappa shape index (κ3) is 3.74. The van der Waals surface area contributed by atoms with Gasteiger partial charge in [0.15, 0.2) is 17.6 Å². The molecule has 0 saturated heterocycles. The fourth-order valence-corrected chi connectivity index (χ4v) is 2.42. The molecule has 1 atom stereocenters. The number of fused-ring (bicyclic) bond motifs is 1. The van der Waals surface area contributed by atoms with Crippen LogP contribution in [0, 0.1) is 0 Å². The molecule has 2 aromatic rings. The predicted octanol–water partition coefficient (Wildman–Crippen LogP) is 1.78. The zero-order valence-corrected chi connectivity index (χ0v) is 13.0. The van der Waals surface area contributed by atoms with Crippen molar-refractivity contribution in [2.45, 2.75) is 19.6 Å². The monoisotopic (exact) mass is 316 g/mol. The SMILES string of the molecule is CCN(C[C@@H]1COc2ccccc2O1)C(=O)NCc1ccn[nH]1. The van der Waals surface area contributed by atoms with Crippen LogP contribution in [0.25, 0.3) is 0 Å². The van der Waals surface area contributed by atoms with Crippen molar-refractivity contribution in [3.63, 3.8) is 0 Å². The summed E-state index contributed by atoms with van der Waals surface area (Å²) >= 11 is 0. The summed E-state index contributed by atoms with van der Waals surface area (Å²) in [5, 5.41) is 9.53. The Labute approximate surface area is 134 Å². The molecule has 7 nitrogen and oxygen atoms in total. The molecule has 2 heterocycles. The predicted molar refractivity (Wildman–Crippen MR) is 84.4 cm³/mol. The van der Waals surface area contributed by atoms with Gasteiger partial charge in [-0.05, 0) is 25.1 Å². The van der Waals surface area contributed by atoms with Crippen LogP contribution in [-0.2, 0) is 6.54 Å². The lowest BCUT2D eigenvalue weighted by Crippen LogP contribution is -2.47. The van der Waals surface area contributed by atoms with Gasteiger partial charge in [-0.15, -0.1) is 0 Å². The number of amides is 2. The first-order chi connectivity index (χ1) is 11.3. The van der Waals surface area contributed by atoms with Crippen molar-refractivity contribution in [1.82, 2.24) is 20.4 Å². The summed E-state index contributed by atoms with van der Waals surface area (Å²) in [4.78, 5) is 14.0. The average Bonchev–Trinajstić information content (AvgIpc) is 3.11. The maximum absolute atomic E-state index is 12.3. The Bertz CT molecular complexity index is 645. The third-order valence-corrected chi connectivity index (χ3v) is 3.65. The lowest BCUT2D eigenvalue weighted by atomic mass is 10.2. The van der Waals surface area contributed by atoms with E-state index in [1.54, 1.807) is 11.1 Å². The van der Waals surface area contributed by atoms with Crippen LogP contribution >= 0.6 is 0 Å². The van der Waals surface area contributed by atoms with Gasteiger partial charge in [-0.25, -0.2) is 4.79 Å². The number of ether oxygens (including phenoxy) is 2. The summed E-state index contributed by atoms with van der Waals surface area (Å²) in [6.07, 6.45) is 1.48. The zero-order chi connectivity index (χ0) is 16.1. The van der Waals surface area contributed by atoms with Crippen molar-refractivity contribution in [2.24, 2.45) is 0 Å². The molecular weight excluding hydrogens is 296 g/mol. The number of para-hydroxylation sites is 2. The van der Waals surface area contributed by atoms with Gasteiger partial charge in [-0.1, -0.05) is 12.1 Å². The molecule has 23 heavy (non-hydrogen) atoms. The number of hydrogen-bond acceptors (Lipinski definition) is 4. The van der Waals surface area contributed by atoms with E-state index < -0.39 is 0 Å². The first kappa shape index (κ1) is 15.2. The molecule has 0 spiro atoms. The highest BCUT2D eigenvalue weighted by atomic mass is 16.6. The maximum Gasteiger partial charge on any atom is 0.317 e. The Kier molecular flexibility index (Phi) is 4.65. The van der Waals surface area contributed by atoms with Gasteiger partial charge >= 0.3 is 6.03 Å². The van der Waals surface area contributed by atoms with E-state index in [2.05, 4.69) is 15.5 Å². The number of carbonyl (C=O) groups is 1. The minimum Gasteiger partial charge on any atom is -0.486 e. The highest BCUT2D eigenvalue weighted by molar-refractivity contribution is 5.74. The first-order valence-corrected chi connectivity index (χ1v) is 7.65. The molecule has 7 heteroatoms. The van der Waals surface area contributed by atoms with E-state index in [1.165, 1.54) is 0 Å². The molecule has 0 saturated carbocycles. The average molecular weight is 316 g/mol. The second-order valence-corrected chi connectivity index (χ2v) is 5.28. The van der Waals surface area contributed by atoms with Gasteiger partial charge < -0.3 is 19.7 Å². The molecule has 0 radical (unpaired) electrons. The number of aromatic amines is 1. The number of aromatic nitrogens is 2. The van der Waals surface area contributed by atoms with Crippen LogP contribution in [-0.4, -0.2) is 46.9 Å². The van der Waals surface area contributed by atoms with E-state index in [9.17, 15) is 4.79 Å². The number of likely N-dealkylation sites (N-methyl/N-ethyl adjacent to an activating group) is 1. The first-order valence-electron chi connectivity index (χ1n) is 7.65. The lowest BCUT2D eigenvalue weighted by molar-refractivity contribution is 0.0675. The van der Waals surface area contributed by atoms with Gasteiger partial charge in [0, 0.05) is 12.7 Å². The van der Waals surface area contributed by atoms with Crippen LogP contribution in [0.2, 0.25) is 0 Å². The van der Waals surface area contributed by atoms with Crippen LogP contribution in [0.3, 0.4) is 0 Å². The van der Waals surface area contributed by atoms with E-state index in [-0.39, 0.29) is 12.1 Å². The number of benzene rings is 1. The van der Waals surface area contributed by atoms with E-state index >= 15 is 0 Å². The normalized spacial score (nSPS) is 16.0. The number of nitrogens with one attached hydrogen (secondary N) is 2. The smallest absolute Gasteiger partial charge is 0.317 e. The van der Waals surface area contributed by atoms with Gasteiger partial charge in [-0.2, -0.15) is 5.10 Å². The molecule has 2 N–H and O–H groups in total. The van der Waals surface area contributed by atoms with Gasteiger partial charge in [0.1, 0.15) is 6.61 Å². The van der Waals surface area contributed by atoms with Gasteiger partial charge in [0.25, 0.3) is 0 Å². The number of rotatable bonds is 5. The molecule has 1 aliphatic heterocycles. The van der Waals surface area contributed by atoms with Crippen LogP contribution < -0.4 is 14.8 Å². The molecule has 1 aromatic heterocycles. The summed E-state index contributed by atoms with van der Waals surface area (Å²) in [6, 6.07) is 9.25. The number of hydrogen-bond donors (Lipinski definition) is 2. The second-order valence-electron chi connectivity index (χ2n) is 5.28. The minimum absolute atomic E-state index is 0.135. The zero-order valence-electron chi connectivity index (χ0n) is 13.0. The van der Waals surface area contributed by atoms with Gasteiger partial charge in [0.2, 0.25) is 0 Å². The molecule has 1 aromatic carbocycles. The highest BCUT2D eigenvalue weighted by Crippen LogP contribution is 2.30.